The molecule has 0 aliphatic heterocycles. The third kappa shape index (κ3) is 3.93. The number of hydrogen-bond donors (Lipinski definition) is 2. The lowest BCUT2D eigenvalue weighted by Crippen LogP contribution is -2.29. The fourth-order valence-electron chi connectivity index (χ4n) is 1.60. The third-order valence-electron chi connectivity index (χ3n) is 2.73. The van der Waals surface area contributed by atoms with Crippen molar-refractivity contribution in [3.05, 3.63) is 0 Å². The highest BCUT2D eigenvalue weighted by Crippen LogP contribution is 2.37. The molecule has 0 aromatic heterocycles. The van der Waals surface area contributed by atoms with Gasteiger partial charge in [-0.25, -0.2) is 0 Å². The van der Waals surface area contributed by atoms with Crippen LogP contribution in [0.2, 0.25) is 0 Å². The van der Waals surface area contributed by atoms with Gasteiger partial charge in [0.1, 0.15) is 11.8 Å². The molecular formula is C9H18NO4P. The molecule has 0 amide bonds. The molecule has 15 heavy (non-hydrogen) atoms. The zero-order chi connectivity index (χ0) is 11.5. The van der Waals surface area contributed by atoms with Gasteiger partial charge in [-0.05, 0) is 32.6 Å². The summed E-state index contributed by atoms with van der Waals surface area (Å²) in [7, 11) is -3.86. The summed E-state index contributed by atoms with van der Waals surface area (Å²) in [5.41, 5.74) is 3.87. The molecule has 6 heteroatoms. The highest BCUT2D eigenvalue weighted by Gasteiger charge is 2.32. The zero-order valence-corrected chi connectivity index (χ0v) is 9.78. The van der Waals surface area contributed by atoms with E-state index in [-0.39, 0.29) is 6.10 Å². The topological polar surface area (TPSA) is 89.6 Å². The Balaban J connectivity index is 2.44. The maximum atomic E-state index is 11.4. The molecule has 0 bridgehead atoms. The van der Waals surface area contributed by atoms with Crippen molar-refractivity contribution in [3.8, 4) is 0 Å². The highest BCUT2D eigenvalue weighted by molar-refractivity contribution is 7.57. The highest BCUT2D eigenvalue weighted by atomic mass is 31.2. The molecule has 0 saturated heterocycles. The number of carbonyl (C=O) groups excluding carboxylic acids is 1. The number of esters is 1. The molecule has 0 spiro atoms. The maximum absolute atomic E-state index is 11.4. The van der Waals surface area contributed by atoms with Crippen molar-refractivity contribution in [2.24, 2.45) is 5.50 Å². The number of nitrogens with two attached hydrogens (primary N) is 1. The number of ether oxygens (including phenoxy) is 1. The minimum Gasteiger partial charge on any atom is -0.462 e. The van der Waals surface area contributed by atoms with E-state index >= 15 is 0 Å². The molecule has 1 saturated carbocycles. The van der Waals surface area contributed by atoms with Crippen molar-refractivity contribution in [2.45, 2.75) is 50.8 Å². The summed E-state index contributed by atoms with van der Waals surface area (Å²) in [6, 6.07) is 0. The average molecular weight is 235 g/mol. The summed E-state index contributed by atoms with van der Waals surface area (Å²) in [6.45, 7) is 1.33. The Labute approximate surface area is 89.5 Å². The van der Waals surface area contributed by atoms with Crippen LogP contribution in [0, 0.1) is 0 Å². The zero-order valence-electron chi connectivity index (χ0n) is 8.89. The van der Waals surface area contributed by atoms with Gasteiger partial charge in [-0.15, -0.1) is 0 Å². The summed E-state index contributed by atoms with van der Waals surface area (Å²) in [5.74, 6) is -0.657. The largest absolute Gasteiger partial charge is 0.462 e. The molecule has 1 aliphatic carbocycles. The van der Waals surface area contributed by atoms with Crippen LogP contribution in [0.1, 0.15) is 39.0 Å². The molecule has 3 N–H and O–H groups in total. The van der Waals surface area contributed by atoms with Crippen molar-refractivity contribution in [1.82, 2.24) is 0 Å². The van der Waals surface area contributed by atoms with E-state index in [2.05, 4.69) is 0 Å². The second-order valence-corrected chi connectivity index (χ2v) is 6.16. The Kier molecular flexibility index (Phi) is 4.32. The fraction of sp³-hybridized carbons (Fsp3) is 0.889. The van der Waals surface area contributed by atoms with Gasteiger partial charge in [-0.1, -0.05) is 6.42 Å². The quantitative estimate of drug-likeness (QED) is 0.570. The summed E-state index contributed by atoms with van der Waals surface area (Å²) in [6.07, 6.45) is 4.86. The first-order chi connectivity index (χ1) is 6.91. The summed E-state index contributed by atoms with van der Waals surface area (Å²) in [5, 5.41) is 0. The predicted molar refractivity (Wildman–Crippen MR) is 56.4 cm³/mol. The van der Waals surface area contributed by atoms with Gasteiger partial charge in [0.05, 0.1) is 0 Å². The second-order valence-electron chi connectivity index (χ2n) is 4.05. The van der Waals surface area contributed by atoms with Gasteiger partial charge >= 0.3 is 5.97 Å². The standard InChI is InChI=1S/C9H18NO4P/c1-7(15(10,12)13)9(11)14-8-5-3-2-4-6-8/h7-8H,2-6H2,1H3,(H3,10,12,13)/t7-/m0/s1. The van der Waals surface area contributed by atoms with Crippen LogP contribution in [0.3, 0.4) is 0 Å². The molecule has 5 nitrogen and oxygen atoms in total. The predicted octanol–water partition coefficient (Wildman–Crippen LogP) is 1.39. The van der Waals surface area contributed by atoms with Crippen LogP contribution in [0.4, 0.5) is 0 Å². The summed E-state index contributed by atoms with van der Waals surface area (Å²) in [4.78, 5) is 20.4. The van der Waals surface area contributed by atoms with Gasteiger partial charge in [0.25, 0.3) is 7.52 Å². The molecule has 0 radical (unpaired) electrons. The lowest BCUT2D eigenvalue weighted by molar-refractivity contribution is -0.149. The third-order valence-corrected chi connectivity index (χ3v) is 4.05. The van der Waals surface area contributed by atoms with E-state index in [1.807, 2.05) is 0 Å². The number of carbonyl (C=O) groups is 1. The maximum Gasteiger partial charge on any atom is 0.320 e. The minimum atomic E-state index is -3.86. The van der Waals surface area contributed by atoms with Crippen molar-refractivity contribution in [2.75, 3.05) is 0 Å². The van der Waals surface area contributed by atoms with E-state index in [9.17, 15) is 9.36 Å². The summed E-state index contributed by atoms with van der Waals surface area (Å²) < 4.78 is 16.2. The summed E-state index contributed by atoms with van der Waals surface area (Å²) >= 11 is 0. The fourth-order valence-corrected chi connectivity index (χ4v) is 1.96. The van der Waals surface area contributed by atoms with Crippen LogP contribution in [0.15, 0.2) is 0 Å². The van der Waals surface area contributed by atoms with Crippen LogP contribution >= 0.6 is 7.52 Å². The molecule has 1 aliphatic rings. The smallest absolute Gasteiger partial charge is 0.320 e. The Morgan fingerprint density at radius 3 is 2.47 bits per heavy atom. The van der Waals surface area contributed by atoms with Crippen LogP contribution in [-0.2, 0) is 14.1 Å². The van der Waals surface area contributed by atoms with Gasteiger partial charge in [-0.3, -0.25) is 14.9 Å². The molecule has 2 atom stereocenters. The number of hydrogen-bond acceptors (Lipinski definition) is 3. The lowest BCUT2D eigenvalue weighted by Gasteiger charge is -2.23. The molecule has 1 unspecified atom stereocenters. The molecule has 0 aromatic rings. The van der Waals surface area contributed by atoms with E-state index in [1.54, 1.807) is 0 Å². The first-order valence-electron chi connectivity index (χ1n) is 5.23. The molecular weight excluding hydrogens is 217 g/mol. The molecule has 1 rings (SSSR count). The van der Waals surface area contributed by atoms with Gasteiger partial charge in [0.2, 0.25) is 0 Å². The van der Waals surface area contributed by atoms with E-state index in [0.29, 0.717) is 0 Å². The SMILES string of the molecule is C[C@@H](C(=O)OC1CCCCC1)P(N)(=O)O. The van der Waals surface area contributed by atoms with E-state index < -0.39 is 19.1 Å². The van der Waals surface area contributed by atoms with Crippen molar-refractivity contribution in [3.63, 3.8) is 0 Å². The van der Waals surface area contributed by atoms with Crippen LogP contribution < -0.4 is 5.50 Å². The minimum absolute atomic E-state index is 0.0970. The molecule has 88 valence electrons. The van der Waals surface area contributed by atoms with Gasteiger partial charge in [-0.2, -0.15) is 0 Å². The Hall–Kier alpha value is -0.380. The van der Waals surface area contributed by atoms with E-state index in [4.69, 9.17) is 15.1 Å². The first kappa shape index (κ1) is 12.7. The van der Waals surface area contributed by atoms with Crippen LogP contribution in [0.25, 0.3) is 0 Å². The van der Waals surface area contributed by atoms with Gasteiger partial charge in [0, 0.05) is 0 Å². The Morgan fingerprint density at radius 1 is 1.47 bits per heavy atom. The Morgan fingerprint density at radius 2 is 2.00 bits per heavy atom. The van der Waals surface area contributed by atoms with Crippen LogP contribution in [-0.4, -0.2) is 22.6 Å². The molecule has 1 fully saturated rings. The van der Waals surface area contributed by atoms with Crippen molar-refractivity contribution in [1.29, 1.82) is 0 Å². The monoisotopic (exact) mass is 235 g/mol. The van der Waals surface area contributed by atoms with E-state index in [0.717, 1.165) is 25.7 Å². The number of rotatable bonds is 3. The van der Waals surface area contributed by atoms with Crippen molar-refractivity contribution >= 4 is 13.5 Å². The van der Waals surface area contributed by atoms with Gasteiger partial charge in [0.15, 0.2) is 0 Å². The van der Waals surface area contributed by atoms with Crippen LogP contribution in [0.5, 0.6) is 0 Å². The van der Waals surface area contributed by atoms with Gasteiger partial charge < -0.3 is 9.63 Å². The van der Waals surface area contributed by atoms with Crippen molar-refractivity contribution < 1.29 is 19.0 Å². The normalized spacial score (nSPS) is 24.2. The Bertz CT molecular complexity index is 269. The lowest BCUT2D eigenvalue weighted by atomic mass is 9.98. The second kappa shape index (κ2) is 5.10. The molecule has 0 heterocycles. The van der Waals surface area contributed by atoms with E-state index in [1.165, 1.54) is 13.3 Å². The molecule has 0 aromatic carbocycles. The average Bonchev–Trinajstić information content (AvgIpc) is 2.16. The first-order valence-corrected chi connectivity index (χ1v) is 7.02.